The number of rotatable bonds is 15. The molecule has 268 valence electrons. The molecule has 8 nitrogen and oxygen atoms in total. The average Bonchev–Trinajstić information content (AvgIpc) is 3.13. The molecule has 1 N–H and O–H groups in total. The molecule has 51 heavy (non-hydrogen) atoms. The fourth-order valence-corrected chi connectivity index (χ4v) is 7.47. The summed E-state index contributed by atoms with van der Waals surface area (Å²) in [6, 6.07) is 33.5. The van der Waals surface area contributed by atoms with Crippen LogP contribution >= 0.6 is 0 Å². The third-order valence-corrected chi connectivity index (χ3v) is 11.4. The van der Waals surface area contributed by atoms with E-state index < -0.39 is 28.0 Å². The number of carbonyl (C=O) groups excluding carboxylic acids is 3. The second-order valence-corrected chi connectivity index (χ2v) is 16.0. The Hall–Kier alpha value is -4.60. The molecule has 4 aromatic carbocycles. The summed E-state index contributed by atoms with van der Waals surface area (Å²) in [5, 5.41) is 12.0. The zero-order valence-electron chi connectivity index (χ0n) is 29.8. The first-order valence-corrected chi connectivity index (χ1v) is 19.4. The van der Waals surface area contributed by atoms with Gasteiger partial charge in [0.15, 0.2) is 11.6 Å². The molecule has 1 saturated heterocycles. The number of aliphatic hydroxyl groups is 1. The van der Waals surface area contributed by atoms with Crippen LogP contribution < -0.4 is 4.31 Å². The molecule has 1 unspecified atom stereocenters. The van der Waals surface area contributed by atoms with Crippen molar-refractivity contribution in [1.82, 2.24) is 4.90 Å². The molecule has 1 heterocycles. The highest BCUT2D eigenvalue weighted by molar-refractivity contribution is 7.92. The molecule has 0 bridgehead atoms. The Labute approximate surface area is 302 Å². The van der Waals surface area contributed by atoms with Crippen molar-refractivity contribution >= 4 is 33.2 Å². The lowest BCUT2D eigenvalue weighted by Crippen LogP contribution is -2.51. The number of hydrogen-bond acceptors (Lipinski definition) is 6. The first-order valence-electron chi connectivity index (χ1n) is 17.6. The number of likely N-dealkylation sites (tertiary alicyclic amines) is 1. The minimum Gasteiger partial charge on any atom is -0.392 e. The quantitative estimate of drug-likeness (QED) is 0.132. The summed E-state index contributed by atoms with van der Waals surface area (Å²) in [6.45, 7) is 4.41. The van der Waals surface area contributed by atoms with Crippen LogP contribution in [0.2, 0.25) is 0 Å². The zero-order chi connectivity index (χ0) is 36.7. The SMILES string of the molecule is CC1CC[C@@H]([C@@H](O)[C@@H](CC(=O)c2cc(C(=O)C[C@H](C)c3ccccc3)cc(N(C)S(C)(=O)=O)c2)Cc2ccccc2)C(=O)N1Cc1ccccc1. The average molecular weight is 709 g/mol. The van der Waals surface area contributed by atoms with Crippen LogP contribution in [0.3, 0.4) is 0 Å². The smallest absolute Gasteiger partial charge is 0.231 e. The molecule has 1 aliphatic rings. The van der Waals surface area contributed by atoms with Crippen molar-refractivity contribution in [1.29, 1.82) is 0 Å². The summed E-state index contributed by atoms with van der Waals surface area (Å²) in [6.07, 6.45) is 1.60. The van der Waals surface area contributed by atoms with E-state index in [1.165, 1.54) is 25.2 Å². The number of aliphatic hydroxyl groups excluding tert-OH is 1. The van der Waals surface area contributed by atoms with Gasteiger partial charge in [-0.05, 0) is 72.9 Å². The second-order valence-electron chi connectivity index (χ2n) is 14.0. The first-order chi connectivity index (χ1) is 24.3. The minimum atomic E-state index is -3.71. The summed E-state index contributed by atoms with van der Waals surface area (Å²) in [5.41, 5.74) is 3.54. The molecule has 1 aliphatic heterocycles. The maximum atomic E-state index is 14.2. The van der Waals surface area contributed by atoms with E-state index in [9.17, 15) is 27.9 Å². The number of piperidine rings is 1. The van der Waals surface area contributed by atoms with Gasteiger partial charge in [-0.2, -0.15) is 0 Å². The van der Waals surface area contributed by atoms with Crippen LogP contribution in [0.15, 0.2) is 109 Å². The van der Waals surface area contributed by atoms with Crippen molar-refractivity contribution in [3.63, 3.8) is 0 Å². The third kappa shape index (κ3) is 9.60. The van der Waals surface area contributed by atoms with Crippen LogP contribution in [0.4, 0.5) is 5.69 Å². The number of Topliss-reactive ketones (excluding diaryl/α,β-unsaturated/α-hetero) is 2. The van der Waals surface area contributed by atoms with Gasteiger partial charge in [0, 0.05) is 43.6 Å². The van der Waals surface area contributed by atoms with Gasteiger partial charge in [-0.3, -0.25) is 18.7 Å². The van der Waals surface area contributed by atoms with Crippen LogP contribution in [-0.4, -0.2) is 61.3 Å². The van der Waals surface area contributed by atoms with E-state index in [4.69, 9.17) is 0 Å². The maximum Gasteiger partial charge on any atom is 0.231 e. The second kappa shape index (κ2) is 16.6. The van der Waals surface area contributed by atoms with Crippen molar-refractivity contribution in [2.75, 3.05) is 17.6 Å². The highest BCUT2D eigenvalue weighted by Gasteiger charge is 2.41. The van der Waals surface area contributed by atoms with Crippen LogP contribution in [0.5, 0.6) is 0 Å². The van der Waals surface area contributed by atoms with E-state index in [2.05, 4.69) is 0 Å². The van der Waals surface area contributed by atoms with Gasteiger partial charge in [0.25, 0.3) is 0 Å². The number of carbonyl (C=O) groups is 3. The van der Waals surface area contributed by atoms with E-state index >= 15 is 0 Å². The van der Waals surface area contributed by atoms with Gasteiger partial charge in [0.2, 0.25) is 15.9 Å². The lowest BCUT2D eigenvalue weighted by atomic mass is 9.78. The number of ketones is 2. The summed E-state index contributed by atoms with van der Waals surface area (Å²) in [5.74, 6) is -2.10. The van der Waals surface area contributed by atoms with Crippen LogP contribution in [0.1, 0.15) is 82.9 Å². The number of hydrogen-bond donors (Lipinski definition) is 1. The van der Waals surface area contributed by atoms with Crippen molar-refractivity contribution in [3.05, 3.63) is 137 Å². The molecule has 0 radical (unpaired) electrons. The summed E-state index contributed by atoms with van der Waals surface area (Å²) < 4.78 is 26.2. The summed E-state index contributed by atoms with van der Waals surface area (Å²) >= 11 is 0. The standard InChI is InChI=1S/C42H48N2O6S/c1-29(33-18-12-7-13-19-33)22-39(45)34-24-35(26-37(25-34)43(3)51(4,49)50)40(46)27-36(23-31-14-8-5-9-15-31)41(47)38-21-20-30(2)44(42(38)48)28-32-16-10-6-11-17-32/h5-19,24-26,29-30,36,38,41,47H,20-23,27-28H2,1-4H3/t29-,30?,36+,38-,41-/m0/s1. The van der Waals surface area contributed by atoms with E-state index in [-0.39, 0.29) is 59.1 Å². The molecule has 0 aliphatic carbocycles. The molecule has 9 heteroatoms. The van der Waals surface area contributed by atoms with E-state index in [1.807, 2.05) is 110 Å². The molecule has 1 amide bonds. The molecule has 0 saturated carbocycles. The number of sulfonamides is 1. The first kappa shape index (κ1) is 37.7. The van der Waals surface area contributed by atoms with Gasteiger partial charge in [0.05, 0.1) is 24.0 Å². The minimum absolute atomic E-state index is 0.00509. The van der Waals surface area contributed by atoms with Gasteiger partial charge in [0.1, 0.15) is 0 Å². The fraction of sp³-hybridized carbons (Fsp3) is 0.357. The molecule has 4 aromatic rings. The molecule has 0 spiro atoms. The highest BCUT2D eigenvalue weighted by atomic mass is 32.2. The van der Waals surface area contributed by atoms with Crippen molar-refractivity contribution < 1.29 is 27.9 Å². The highest BCUT2D eigenvalue weighted by Crippen LogP contribution is 2.34. The Morgan fingerprint density at radius 2 is 1.35 bits per heavy atom. The predicted molar refractivity (Wildman–Crippen MR) is 201 cm³/mol. The molecule has 5 atom stereocenters. The fourth-order valence-electron chi connectivity index (χ4n) is 6.98. The maximum absolute atomic E-state index is 14.2. The van der Waals surface area contributed by atoms with Crippen LogP contribution in [0.25, 0.3) is 0 Å². The van der Waals surface area contributed by atoms with Gasteiger partial charge in [-0.15, -0.1) is 0 Å². The lowest BCUT2D eigenvalue weighted by molar-refractivity contribution is -0.148. The van der Waals surface area contributed by atoms with Crippen LogP contribution in [-0.2, 0) is 27.8 Å². The van der Waals surface area contributed by atoms with Gasteiger partial charge < -0.3 is 10.0 Å². The largest absolute Gasteiger partial charge is 0.392 e. The molecule has 5 rings (SSSR count). The monoisotopic (exact) mass is 708 g/mol. The van der Waals surface area contributed by atoms with E-state index in [0.29, 0.717) is 19.4 Å². The van der Waals surface area contributed by atoms with Crippen molar-refractivity contribution in [2.24, 2.45) is 11.8 Å². The molecule has 1 fully saturated rings. The number of anilines is 1. The molecular formula is C42H48N2O6S. The van der Waals surface area contributed by atoms with Gasteiger partial charge in [-0.25, -0.2) is 8.42 Å². The number of nitrogens with zero attached hydrogens (tertiary/aromatic N) is 2. The Balaban J connectivity index is 1.44. The van der Waals surface area contributed by atoms with Crippen molar-refractivity contribution in [2.45, 2.75) is 70.6 Å². The van der Waals surface area contributed by atoms with E-state index in [1.54, 1.807) is 0 Å². The Bertz CT molecular complexity index is 1920. The molecular weight excluding hydrogens is 661 g/mol. The van der Waals surface area contributed by atoms with E-state index in [0.717, 1.165) is 33.7 Å². The Morgan fingerprint density at radius 3 is 1.92 bits per heavy atom. The summed E-state index contributed by atoms with van der Waals surface area (Å²) in [7, 11) is -2.32. The third-order valence-electron chi connectivity index (χ3n) is 10.2. The Kier molecular flexibility index (Phi) is 12.3. The predicted octanol–water partition coefficient (Wildman–Crippen LogP) is 7.08. The number of benzene rings is 4. The Morgan fingerprint density at radius 1 is 0.824 bits per heavy atom. The molecule has 0 aromatic heterocycles. The number of amides is 1. The summed E-state index contributed by atoms with van der Waals surface area (Å²) in [4.78, 5) is 43.7. The van der Waals surface area contributed by atoms with Crippen molar-refractivity contribution in [3.8, 4) is 0 Å². The normalized spacial score (nSPS) is 18.1. The van der Waals surface area contributed by atoms with Gasteiger partial charge in [-0.1, -0.05) is 97.9 Å². The lowest BCUT2D eigenvalue weighted by Gasteiger charge is -2.41. The van der Waals surface area contributed by atoms with Gasteiger partial charge >= 0.3 is 0 Å². The topological polar surface area (TPSA) is 112 Å². The zero-order valence-corrected chi connectivity index (χ0v) is 30.6. The van der Waals surface area contributed by atoms with Crippen LogP contribution in [0, 0.1) is 11.8 Å².